The van der Waals surface area contributed by atoms with Crippen molar-refractivity contribution >= 4 is 0 Å². The average Bonchev–Trinajstić information content (AvgIpc) is 2.54. The van der Waals surface area contributed by atoms with Crippen LogP contribution in [0.15, 0.2) is 23.3 Å². The molecule has 1 heteroatoms. The van der Waals surface area contributed by atoms with Crippen LogP contribution in [-0.4, -0.2) is 11.2 Å². The van der Waals surface area contributed by atoms with Crippen molar-refractivity contribution in [1.82, 2.24) is 0 Å². The highest BCUT2D eigenvalue weighted by molar-refractivity contribution is 5.27. The van der Waals surface area contributed by atoms with Crippen LogP contribution in [0.3, 0.4) is 0 Å². The maximum absolute atomic E-state index is 9.63. The molecule has 3 atom stereocenters. The molecule has 0 saturated heterocycles. The molecule has 96 valence electrons. The zero-order chi connectivity index (χ0) is 12.6. The molecule has 2 rings (SSSR count). The van der Waals surface area contributed by atoms with Crippen LogP contribution in [0, 0.1) is 17.3 Å². The minimum absolute atomic E-state index is 0.149. The zero-order valence-corrected chi connectivity index (χ0v) is 11.7. The smallest absolute Gasteiger partial charge is 0.0543 e. The van der Waals surface area contributed by atoms with Crippen molar-refractivity contribution in [3.63, 3.8) is 0 Å². The van der Waals surface area contributed by atoms with E-state index in [1.807, 2.05) is 6.92 Å². The van der Waals surface area contributed by atoms with Gasteiger partial charge in [-0.2, -0.15) is 0 Å². The number of aliphatic hydroxyl groups is 1. The summed E-state index contributed by atoms with van der Waals surface area (Å²) in [6.45, 7) is 8.94. The summed E-state index contributed by atoms with van der Waals surface area (Å²) in [7, 11) is 0. The minimum Gasteiger partial charge on any atom is -0.393 e. The highest BCUT2D eigenvalue weighted by atomic mass is 16.3. The normalized spacial score (nSPS) is 34.2. The predicted octanol–water partition coefficient (Wildman–Crippen LogP) is 4.09. The predicted molar refractivity (Wildman–Crippen MR) is 72.7 cm³/mol. The molecular formula is C16H26O. The first kappa shape index (κ1) is 12.9. The lowest BCUT2D eigenvalue weighted by Gasteiger charge is -2.35. The molecule has 0 aromatic rings. The molecule has 0 aromatic heterocycles. The maximum atomic E-state index is 9.63. The Morgan fingerprint density at radius 3 is 2.41 bits per heavy atom. The van der Waals surface area contributed by atoms with Gasteiger partial charge < -0.3 is 5.11 Å². The van der Waals surface area contributed by atoms with Gasteiger partial charge in [-0.25, -0.2) is 0 Å². The van der Waals surface area contributed by atoms with Crippen LogP contribution < -0.4 is 0 Å². The van der Waals surface area contributed by atoms with Gasteiger partial charge in [0.15, 0.2) is 0 Å². The first-order valence-electron chi connectivity index (χ1n) is 6.97. The van der Waals surface area contributed by atoms with E-state index in [0.29, 0.717) is 17.3 Å². The van der Waals surface area contributed by atoms with Gasteiger partial charge >= 0.3 is 0 Å². The van der Waals surface area contributed by atoms with Crippen molar-refractivity contribution in [2.75, 3.05) is 0 Å². The van der Waals surface area contributed by atoms with Gasteiger partial charge in [0.05, 0.1) is 6.10 Å². The Morgan fingerprint density at radius 2 is 2.00 bits per heavy atom. The Labute approximate surface area is 106 Å². The molecular weight excluding hydrogens is 208 g/mol. The van der Waals surface area contributed by atoms with E-state index in [0.717, 1.165) is 12.8 Å². The van der Waals surface area contributed by atoms with E-state index in [2.05, 4.69) is 32.9 Å². The topological polar surface area (TPSA) is 20.2 Å². The van der Waals surface area contributed by atoms with Gasteiger partial charge in [-0.1, -0.05) is 37.1 Å². The van der Waals surface area contributed by atoms with Crippen LogP contribution in [0.4, 0.5) is 0 Å². The largest absolute Gasteiger partial charge is 0.393 e. The molecule has 0 amide bonds. The molecule has 0 radical (unpaired) electrons. The minimum atomic E-state index is -0.149. The van der Waals surface area contributed by atoms with Crippen molar-refractivity contribution in [3.8, 4) is 0 Å². The van der Waals surface area contributed by atoms with Crippen LogP contribution in [0.5, 0.6) is 0 Å². The third-order valence-corrected chi connectivity index (χ3v) is 5.16. The lowest BCUT2D eigenvalue weighted by molar-refractivity contribution is 0.117. The van der Waals surface area contributed by atoms with Gasteiger partial charge in [0.25, 0.3) is 0 Å². The number of hydrogen-bond acceptors (Lipinski definition) is 1. The van der Waals surface area contributed by atoms with E-state index in [1.165, 1.54) is 12.8 Å². The number of aliphatic hydroxyl groups excluding tert-OH is 1. The molecule has 0 bridgehead atoms. The fourth-order valence-corrected chi connectivity index (χ4v) is 3.37. The Kier molecular flexibility index (Phi) is 3.49. The summed E-state index contributed by atoms with van der Waals surface area (Å²) >= 11 is 0. The Hall–Kier alpha value is -0.560. The second kappa shape index (κ2) is 4.61. The number of rotatable bonds is 2. The van der Waals surface area contributed by atoms with Crippen LogP contribution in [0.25, 0.3) is 0 Å². The van der Waals surface area contributed by atoms with E-state index in [-0.39, 0.29) is 6.10 Å². The number of hydrogen-bond donors (Lipinski definition) is 1. The Morgan fingerprint density at radius 1 is 1.29 bits per heavy atom. The van der Waals surface area contributed by atoms with E-state index in [1.54, 1.807) is 11.1 Å². The van der Waals surface area contributed by atoms with Gasteiger partial charge in [-0.05, 0) is 56.8 Å². The van der Waals surface area contributed by atoms with Crippen molar-refractivity contribution in [2.24, 2.45) is 17.3 Å². The fraction of sp³-hybridized carbons (Fsp3) is 0.750. The molecule has 1 N–H and O–H groups in total. The second-order valence-electron chi connectivity index (χ2n) is 6.45. The highest BCUT2D eigenvalue weighted by Gasteiger charge is 2.37. The van der Waals surface area contributed by atoms with Crippen molar-refractivity contribution in [1.29, 1.82) is 0 Å². The van der Waals surface area contributed by atoms with E-state index in [4.69, 9.17) is 0 Å². The summed E-state index contributed by atoms with van der Waals surface area (Å²) < 4.78 is 0. The van der Waals surface area contributed by atoms with Gasteiger partial charge in [0, 0.05) is 0 Å². The lowest BCUT2D eigenvalue weighted by atomic mass is 9.70. The van der Waals surface area contributed by atoms with E-state index >= 15 is 0 Å². The Balaban J connectivity index is 2.07. The van der Waals surface area contributed by atoms with Crippen LogP contribution >= 0.6 is 0 Å². The Bertz CT molecular complexity index is 347. The summed E-state index contributed by atoms with van der Waals surface area (Å²) in [5, 5.41) is 9.63. The first-order chi connectivity index (χ1) is 7.93. The van der Waals surface area contributed by atoms with Gasteiger partial charge in [-0.15, -0.1) is 0 Å². The zero-order valence-electron chi connectivity index (χ0n) is 11.7. The van der Waals surface area contributed by atoms with Gasteiger partial charge in [0.2, 0.25) is 0 Å². The highest BCUT2D eigenvalue weighted by Crippen LogP contribution is 2.49. The molecule has 3 unspecified atom stereocenters. The molecule has 17 heavy (non-hydrogen) atoms. The molecule has 0 fully saturated rings. The van der Waals surface area contributed by atoms with Gasteiger partial charge in [-0.3, -0.25) is 0 Å². The molecule has 0 spiro atoms. The van der Waals surface area contributed by atoms with Crippen LogP contribution in [0.2, 0.25) is 0 Å². The molecule has 0 heterocycles. The molecule has 2 aliphatic rings. The van der Waals surface area contributed by atoms with Crippen LogP contribution in [0.1, 0.15) is 53.4 Å². The maximum Gasteiger partial charge on any atom is 0.0543 e. The molecule has 0 aromatic carbocycles. The molecule has 2 aliphatic carbocycles. The summed E-state index contributed by atoms with van der Waals surface area (Å²) in [6, 6.07) is 0. The monoisotopic (exact) mass is 234 g/mol. The standard InChI is InChI=1S/C16H26O/c1-11-5-10-15(16(11,3)4)14-8-6-13(7-9-14)12(2)17/h5,8,12-13,15,17H,6-7,9-10H2,1-4H3. The molecule has 1 nitrogen and oxygen atoms in total. The molecule has 0 aliphatic heterocycles. The summed E-state index contributed by atoms with van der Waals surface area (Å²) in [4.78, 5) is 0. The third-order valence-electron chi connectivity index (χ3n) is 5.16. The van der Waals surface area contributed by atoms with Gasteiger partial charge in [0.1, 0.15) is 0 Å². The SMILES string of the molecule is CC1=CCC(C2=CCC(C(C)O)CC2)C1(C)C. The lowest BCUT2D eigenvalue weighted by Crippen LogP contribution is -2.26. The quantitative estimate of drug-likeness (QED) is 0.714. The average molecular weight is 234 g/mol. The summed E-state index contributed by atoms with van der Waals surface area (Å²) in [6.07, 6.45) is 9.30. The third kappa shape index (κ3) is 2.35. The van der Waals surface area contributed by atoms with E-state index < -0.39 is 0 Å². The number of allylic oxidation sites excluding steroid dienone is 4. The summed E-state index contributed by atoms with van der Waals surface area (Å²) in [5.74, 6) is 1.19. The van der Waals surface area contributed by atoms with Crippen molar-refractivity contribution in [3.05, 3.63) is 23.3 Å². The molecule has 0 saturated carbocycles. The second-order valence-corrected chi connectivity index (χ2v) is 6.45. The van der Waals surface area contributed by atoms with Crippen molar-refractivity contribution in [2.45, 2.75) is 59.5 Å². The van der Waals surface area contributed by atoms with Crippen molar-refractivity contribution < 1.29 is 5.11 Å². The first-order valence-corrected chi connectivity index (χ1v) is 6.97. The summed E-state index contributed by atoms with van der Waals surface area (Å²) in [5.41, 5.74) is 3.52. The van der Waals surface area contributed by atoms with E-state index in [9.17, 15) is 5.11 Å². The van der Waals surface area contributed by atoms with Crippen LogP contribution in [-0.2, 0) is 0 Å². The fourth-order valence-electron chi connectivity index (χ4n) is 3.37.